The molecule has 4 heterocycles. The fourth-order valence-electron chi connectivity index (χ4n) is 4.84. The first-order valence-electron chi connectivity index (χ1n) is 12.8. The molecule has 3 aromatic heterocycles. The summed E-state index contributed by atoms with van der Waals surface area (Å²) in [5, 5.41) is 7.83. The molecule has 9 heteroatoms. The van der Waals surface area contributed by atoms with Gasteiger partial charge in [-0.3, -0.25) is 9.36 Å². The first kappa shape index (κ1) is 24.9. The van der Waals surface area contributed by atoms with E-state index in [-0.39, 0.29) is 5.56 Å². The van der Waals surface area contributed by atoms with Gasteiger partial charge in [-0.25, -0.2) is 15.0 Å². The first-order chi connectivity index (χ1) is 19.1. The van der Waals surface area contributed by atoms with Gasteiger partial charge in [-0.1, -0.05) is 41.9 Å². The molecule has 194 valence electrons. The summed E-state index contributed by atoms with van der Waals surface area (Å²) in [6.45, 7) is 4.28. The van der Waals surface area contributed by atoms with Gasteiger partial charge in [0, 0.05) is 58.3 Å². The van der Waals surface area contributed by atoms with Crippen LogP contribution in [0, 0.1) is 0 Å². The van der Waals surface area contributed by atoms with Crippen molar-refractivity contribution in [3.8, 4) is 22.4 Å². The van der Waals surface area contributed by atoms with Crippen LogP contribution in [0.4, 0.5) is 11.6 Å². The summed E-state index contributed by atoms with van der Waals surface area (Å²) in [6.07, 6.45) is 8.16. The molecule has 0 aliphatic carbocycles. The molecule has 5 aromatic rings. The van der Waals surface area contributed by atoms with Gasteiger partial charge in [-0.2, -0.15) is 4.98 Å². The zero-order valence-corrected chi connectivity index (χ0v) is 22.1. The number of rotatable bonds is 6. The number of benzene rings is 2. The van der Waals surface area contributed by atoms with Gasteiger partial charge in [-0.15, -0.1) is 0 Å². The Kier molecular flexibility index (Phi) is 6.87. The van der Waals surface area contributed by atoms with Crippen molar-refractivity contribution >= 4 is 39.8 Å². The van der Waals surface area contributed by atoms with Crippen LogP contribution in [-0.4, -0.2) is 37.6 Å². The molecule has 6 rings (SSSR count). The third-order valence-electron chi connectivity index (χ3n) is 6.86. The van der Waals surface area contributed by atoms with Crippen molar-refractivity contribution in [2.45, 2.75) is 19.9 Å². The average molecular weight is 536 g/mol. The lowest BCUT2D eigenvalue weighted by atomic mass is 10.0. The molecule has 1 aliphatic rings. The molecule has 0 spiro atoms. The van der Waals surface area contributed by atoms with E-state index in [1.807, 2.05) is 43.3 Å². The van der Waals surface area contributed by atoms with Gasteiger partial charge in [0.25, 0.3) is 5.56 Å². The number of aromatic nitrogens is 5. The van der Waals surface area contributed by atoms with Crippen molar-refractivity contribution < 1.29 is 0 Å². The lowest BCUT2D eigenvalue weighted by Gasteiger charge is -2.15. The Bertz CT molecular complexity index is 1750. The topological polar surface area (TPSA) is 97.6 Å². The lowest BCUT2D eigenvalue weighted by Crippen LogP contribution is -2.22. The Morgan fingerprint density at radius 1 is 1.03 bits per heavy atom. The average Bonchev–Trinajstić information content (AvgIpc) is 2.98. The van der Waals surface area contributed by atoms with Gasteiger partial charge in [0.2, 0.25) is 5.95 Å². The SMILES string of the molecule is CCn1c(=O)c(-c2ccc(-c3ccncn3)cc2Cl)cc2cnc(Nc3ccc(C4=CCNCC4)cc3)nc21. The smallest absolute Gasteiger partial charge is 0.260 e. The summed E-state index contributed by atoms with van der Waals surface area (Å²) in [4.78, 5) is 31.0. The lowest BCUT2D eigenvalue weighted by molar-refractivity contribution is 0.738. The second kappa shape index (κ2) is 10.8. The molecule has 0 radical (unpaired) electrons. The fraction of sp³-hybridized carbons (Fsp3) is 0.167. The van der Waals surface area contributed by atoms with Crippen LogP contribution in [-0.2, 0) is 6.54 Å². The number of fused-ring (bicyclic) bond motifs is 1. The highest BCUT2D eigenvalue weighted by Gasteiger charge is 2.16. The number of hydrogen-bond acceptors (Lipinski definition) is 7. The Morgan fingerprint density at radius 2 is 1.87 bits per heavy atom. The predicted octanol–water partition coefficient (Wildman–Crippen LogP) is 5.71. The normalized spacial score (nSPS) is 13.3. The van der Waals surface area contributed by atoms with Crippen LogP contribution < -0.4 is 16.2 Å². The third kappa shape index (κ3) is 5.04. The largest absolute Gasteiger partial charge is 0.324 e. The maximum atomic E-state index is 13.6. The van der Waals surface area contributed by atoms with Crippen molar-refractivity contribution in [1.29, 1.82) is 0 Å². The molecule has 39 heavy (non-hydrogen) atoms. The summed E-state index contributed by atoms with van der Waals surface area (Å²) in [7, 11) is 0. The molecule has 0 amide bonds. The Hall–Kier alpha value is -4.40. The van der Waals surface area contributed by atoms with Gasteiger partial charge in [-0.05, 0) is 61.4 Å². The molecule has 0 fully saturated rings. The third-order valence-corrected chi connectivity index (χ3v) is 7.17. The fourth-order valence-corrected chi connectivity index (χ4v) is 5.12. The van der Waals surface area contributed by atoms with Crippen LogP contribution >= 0.6 is 11.6 Å². The van der Waals surface area contributed by atoms with Gasteiger partial charge in [0.1, 0.15) is 12.0 Å². The number of hydrogen-bond donors (Lipinski definition) is 2. The minimum atomic E-state index is -0.161. The van der Waals surface area contributed by atoms with Crippen LogP contribution in [0.1, 0.15) is 18.9 Å². The van der Waals surface area contributed by atoms with Crippen LogP contribution in [0.5, 0.6) is 0 Å². The minimum Gasteiger partial charge on any atom is -0.324 e. The molecule has 2 N–H and O–H groups in total. The molecule has 0 bridgehead atoms. The van der Waals surface area contributed by atoms with E-state index in [2.05, 4.69) is 43.8 Å². The van der Waals surface area contributed by atoms with E-state index in [9.17, 15) is 4.79 Å². The molecule has 2 aromatic carbocycles. The number of anilines is 2. The van der Waals surface area contributed by atoms with Crippen LogP contribution in [0.2, 0.25) is 5.02 Å². The molecule has 8 nitrogen and oxygen atoms in total. The summed E-state index contributed by atoms with van der Waals surface area (Å²) in [6, 6.07) is 17.4. The Labute approximate surface area is 230 Å². The number of pyridine rings is 1. The van der Waals surface area contributed by atoms with Crippen molar-refractivity contribution in [2.75, 3.05) is 18.4 Å². The summed E-state index contributed by atoms with van der Waals surface area (Å²) in [5.41, 5.74) is 6.61. The molecular weight excluding hydrogens is 510 g/mol. The molecule has 1 aliphatic heterocycles. The van der Waals surface area contributed by atoms with Gasteiger partial charge in [0.15, 0.2) is 0 Å². The second-order valence-electron chi connectivity index (χ2n) is 9.26. The van der Waals surface area contributed by atoms with Crippen LogP contribution in [0.3, 0.4) is 0 Å². The Balaban J connectivity index is 1.32. The van der Waals surface area contributed by atoms with Crippen molar-refractivity contribution in [3.63, 3.8) is 0 Å². The zero-order chi connectivity index (χ0) is 26.8. The van der Waals surface area contributed by atoms with E-state index in [0.29, 0.717) is 34.3 Å². The summed E-state index contributed by atoms with van der Waals surface area (Å²) in [5.74, 6) is 0.429. The summed E-state index contributed by atoms with van der Waals surface area (Å²) < 4.78 is 1.65. The highest BCUT2D eigenvalue weighted by molar-refractivity contribution is 6.33. The summed E-state index contributed by atoms with van der Waals surface area (Å²) >= 11 is 6.67. The van der Waals surface area contributed by atoms with Gasteiger partial charge >= 0.3 is 0 Å². The standard InChI is InChI=1S/C30H26ClN7O/c1-2-38-28-22(15-25(29(38)39)24-8-5-21(16-26(24)31)27-11-14-33-18-35-27)17-34-30(37-28)36-23-6-3-19(4-7-23)20-9-12-32-13-10-20/h3-9,11,14-18,32H,2,10,12-13H2,1H3,(H,34,36,37). The Morgan fingerprint density at radius 3 is 2.59 bits per heavy atom. The number of nitrogens with zero attached hydrogens (tertiary/aromatic N) is 5. The number of aryl methyl sites for hydroxylation is 1. The van der Waals surface area contributed by atoms with Crippen LogP contribution in [0.15, 0.2) is 84.2 Å². The molecule has 0 atom stereocenters. The van der Waals surface area contributed by atoms with Crippen molar-refractivity contribution in [2.24, 2.45) is 0 Å². The van der Waals surface area contributed by atoms with E-state index >= 15 is 0 Å². The molecule has 0 saturated carbocycles. The van der Waals surface area contributed by atoms with Gasteiger partial charge < -0.3 is 10.6 Å². The zero-order valence-electron chi connectivity index (χ0n) is 21.4. The minimum absolute atomic E-state index is 0.161. The molecule has 0 unspecified atom stereocenters. The quantitative estimate of drug-likeness (QED) is 0.287. The van der Waals surface area contributed by atoms with Crippen molar-refractivity contribution in [1.82, 2.24) is 29.8 Å². The number of halogens is 1. The van der Waals surface area contributed by atoms with Crippen molar-refractivity contribution in [3.05, 3.63) is 100 Å². The van der Waals surface area contributed by atoms with Crippen LogP contribution in [0.25, 0.3) is 39.0 Å². The van der Waals surface area contributed by atoms with E-state index < -0.39 is 0 Å². The maximum absolute atomic E-state index is 13.6. The molecule has 0 saturated heterocycles. The second-order valence-corrected chi connectivity index (χ2v) is 9.66. The first-order valence-corrected chi connectivity index (χ1v) is 13.2. The van der Waals surface area contributed by atoms with Gasteiger partial charge in [0.05, 0.1) is 5.69 Å². The maximum Gasteiger partial charge on any atom is 0.260 e. The van der Waals surface area contributed by atoms with E-state index in [1.54, 1.807) is 23.0 Å². The van der Waals surface area contributed by atoms with E-state index in [4.69, 9.17) is 16.6 Å². The highest BCUT2D eigenvalue weighted by atomic mass is 35.5. The highest BCUT2D eigenvalue weighted by Crippen LogP contribution is 2.31. The van der Waals surface area contributed by atoms with E-state index in [1.165, 1.54) is 17.5 Å². The predicted molar refractivity (Wildman–Crippen MR) is 156 cm³/mol. The van der Waals surface area contributed by atoms with E-state index in [0.717, 1.165) is 41.8 Å². The number of nitrogens with one attached hydrogen (secondary N) is 2. The molecular formula is C30H26ClN7O. The monoisotopic (exact) mass is 535 g/mol.